The number of hydrogen-bond acceptors (Lipinski definition) is 6. The normalized spacial score (nSPS) is 13.9. The van der Waals surface area contributed by atoms with Gasteiger partial charge in [0.15, 0.2) is 11.5 Å². The van der Waals surface area contributed by atoms with Crippen LogP contribution in [0.2, 0.25) is 0 Å². The van der Waals surface area contributed by atoms with Crippen LogP contribution in [0.25, 0.3) is 11.1 Å². The molecule has 2 aromatic rings. The third-order valence-corrected chi connectivity index (χ3v) is 5.17. The molecule has 6 nitrogen and oxygen atoms in total. The largest absolute Gasteiger partial charge is 0.493 e. The Kier molecular flexibility index (Phi) is 5.87. The SMILES string of the molecule is COc1cc2c(c(OC)c1OC)-c1ccc(OP(O)OC)cc1CCC2. The highest BCUT2D eigenvalue weighted by Crippen LogP contribution is 2.49. The van der Waals surface area contributed by atoms with Crippen LogP contribution in [0, 0.1) is 0 Å². The molecule has 0 saturated carbocycles. The summed E-state index contributed by atoms with van der Waals surface area (Å²) in [6.07, 6.45) is 2.79. The van der Waals surface area contributed by atoms with Gasteiger partial charge in [-0.15, -0.1) is 0 Å². The van der Waals surface area contributed by atoms with Crippen molar-refractivity contribution in [3.05, 3.63) is 35.4 Å². The smallest absolute Gasteiger partial charge is 0.394 e. The van der Waals surface area contributed by atoms with Crippen molar-refractivity contribution in [3.63, 3.8) is 0 Å². The maximum atomic E-state index is 9.61. The molecular weight excluding hydrogens is 355 g/mol. The second-order valence-electron chi connectivity index (χ2n) is 5.86. The topological polar surface area (TPSA) is 66.4 Å². The molecule has 0 saturated heterocycles. The van der Waals surface area contributed by atoms with E-state index < -0.39 is 8.60 Å². The molecule has 26 heavy (non-hydrogen) atoms. The van der Waals surface area contributed by atoms with Crippen LogP contribution in [-0.4, -0.2) is 33.3 Å². The van der Waals surface area contributed by atoms with Gasteiger partial charge in [0.05, 0.1) is 21.3 Å². The van der Waals surface area contributed by atoms with E-state index in [1.165, 1.54) is 7.11 Å². The Balaban J connectivity index is 2.16. The lowest BCUT2D eigenvalue weighted by Gasteiger charge is -2.20. The minimum Gasteiger partial charge on any atom is -0.493 e. The zero-order valence-electron chi connectivity index (χ0n) is 15.4. The Labute approximate surface area is 154 Å². The van der Waals surface area contributed by atoms with Gasteiger partial charge in [0.25, 0.3) is 0 Å². The first-order chi connectivity index (χ1) is 12.6. The summed E-state index contributed by atoms with van der Waals surface area (Å²) in [4.78, 5) is 9.61. The first kappa shape index (κ1) is 18.8. The minimum atomic E-state index is -1.91. The van der Waals surface area contributed by atoms with Crippen LogP contribution in [-0.2, 0) is 17.4 Å². The lowest BCUT2D eigenvalue weighted by atomic mass is 9.94. The number of aryl methyl sites for hydroxylation is 2. The Morgan fingerprint density at radius 1 is 0.885 bits per heavy atom. The van der Waals surface area contributed by atoms with Gasteiger partial charge in [-0.3, -0.25) is 0 Å². The maximum Gasteiger partial charge on any atom is 0.394 e. The Morgan fingerprint density at radius 2 is 1.62 bits per heavy atom. The molecule has 0 spiro atoms. The zero-order valence-corrected chi connectivity index (χ0v) is 16.3. The van der Waals surface area contributed by atoms with E-state index >= 15 is 0 Å². The van der Waals surface area contributed by atoms with E-state index in [4.69, 9.17) is 23.3 Å². The molecule has 3 rings (SSSR count). The first-order valence-electron chi connectivity index (χ1n) is 8.29. The highest BCUT2D eigenvalue weighted by molar-refractivity contribution is 7.41. The average molecular weight is 378 g/mol. The number of hydrogen-bond donors (Lipinski definition) is 1. The third-order valence-electron chi connectivity index (χ3n) is 4.49. The monoisotopic (exact) mass is 378 g/mol. The van der Waals surface area contributed by atoms with Crippen molar-refractivity contribution in [3.8, 4) is 34.1 Å². The molecule has 0 aliphatic heterocycles. The van der Waals surface area contributed by atoms with E-state index in [-0.39, 0.29) is 0 Å². The first-order valence-corrected chi connectivity index (χ1v) is 9.42. The van der Waals surface area contributed by atoms with Crippen molar-refractivity contribution in [2.45, 2.75) is 19.3 Å². The third kappa shape index (κ3) is 3.45. The number of ether oxygens (including phenoxy) is 3. The summed E-state index contributed by atoms with van der Waals surface area (Å²) < 4.78 is 27.0. The van der Waals surface area contributed by atoms with Crippen molar-refractivity contribution >= 4 is 8.60 Å². The van der Waals surface area contributed by atoms with Crippen molar-refractivity contribution in [1.82, 2.24) is 0 Å². The molecule has 0 aromatic heterocycles. The maximum absolute atomic E-state index is 9.61. The van der Waals surface area contributed by atoms with Crippen molar-refractivity contribution in [1.29, 1.82) is 0 Å². The summed E-state index contributed by atoms with van der Waals surface area (Å²) in [6, 6.07) is 7.79. The van der Waals surface area contributed by atoms with Crippen LogP contribution in [0.4, 0.5) is 0 Å². The van der Waals surface area contributed by atoms with Crippen LogP contribution in [0.5, 0.6) is 23.0 Å². The lowest BCUT2D eigenvalue weighted by molar-refractivity contribution is 0.317. The molecule has 1 aliphatic carbocycles. The molecule has 1 atom stereocenters. The molecule has 0 amide bonds. The van der Waals surface area contributed by atoms with E-state index in [0.717, 1.165) is 41.5 Å². The summed E-state index contributed by atoms with van der Waals surface area (Å²) in [7, 11) is 4.37. The predicted octanol–water partition coefficient (Wildman–Crippen LogP) is 4.11. The lowest BCUT2D eigenvalue weighted by Crippen LogP contribution is -2.00. The average Bonchev–Trinajstić information content (AvgIpc) is 2.84. The number of rotatable bonds is 6. The molecule has 2 aromatic carbocycles. The van der Waals surface area contributed by atoms with Crippen molar-refractivity contribution in [2.75, 3.05) is 28.4 Å². The molecule has 0 bridgehead atoms. The van der Waals surface area contributed by atoms with Gasteiger partial charge >= 0.3 is 8.60 Å². The quantitative estimate of drug-likeness (QED) is 0.763. The van der Waals surface area contributed by atoms with Crippen LogP contribution in [0.1, 0.15) is 17.5 Å². The standard InChI is InChI=1S/C19H23O6P/c1-21-16-11-13-7-5-6-12-10-14(25-26(20)24-4)8-9-15(12)17(13)19(23-3)18(16)22-2/h8-11,20H,5-7H2,1-4H3. The number of methoxy groups -OCH3 is 3. The molecule has 1 unspecified atom stereocenters. The van der Waals surface area contributed by atoms with Crippen molar-refractivity contribution < 1.29 is 28.2 Å². The molecule has 0 heterocycles. The van der Waals surface area contributed by atoms with Crippen LogP contribution in [0.3, 0.4) is 0 Å². The fourth-order valence-corrected chi connectivity index (χ4v) is 3.74. The van der Waals surface area contributed by atoms with E-state index in [1.54, 1.807) is 21.3 Å². The number of benzene rings is 2. The molecule has 140 valence electrons. The summed E-state index contributed by atoms with van der Waals surface area (Å²) in [6.45, 7) is 0. The van der Waals surface area contributed by atoms with Gasteiger partial charge < -0.3 is 28.2 Å². The van der Waals surface area contributed by atoms with Gasteiger partial charge in [-0.1, -0.05) is 6.07 Å². The van der Waals surface area contributed by atoms with E-state index in [2.05, 4.69) is 0 Å². The summed E-state index contributed by atoms with van der Waals surface area (Å²) in [5.41, 5.74) is 4.38. The van der Waals surface area contributed by atoms with E-state index in [0.29, 0.717) is 23.0 Å². The molecule has 0 fully saturated rings. The highest BCUT2D eigenvalue weighted by atomic mass is 31.2. The second-order valence-corrected chi connectivity index (χ2v) is 6.89. The summed E-state index contributed by atoms with van der Waals surface area (Å²) in [5.74, 6) is 2.50. The fourth-order valence-electron chi connectivity index (χ4n) is 3.37. The predicted molar refractivity (Wildman–Crippen MR) is 100 cm³/mol. The minimum absolute atomic E-state index is 0.584. The van der Waals surface area contributed by atoms with Crippen molar-refractivity contribution in [2.24, 2.45) is 0 Å². The molecule has 1 aliphatic rings. The van der Waals surface area contributed by atoms with Gasteiger partial charge in [0.1, 0.15) is 5.75 Å². The Morgan fingerprint density at radius 3 is 2.27 bits per heavy atom. The van der Waals surface area contributed by atoms with E-state index in [9.17, 15) is 4.89 Å². The highest BCUT2D eigenvalue weighted by Gasteiger charge is 2.25. The van der Waals surface area contributed by atoms with E-state index in [1.807, 2.05) is 24.3 Å². The van der Waals surface area contributed by atoms with Crippen LogP contribution < -0.4 is 18.7 Å². The van der Waals surface area contributed by atoms with Crippen LogP contribution >= 0.6 is 8.60 Å². The van der Waals surface area contributed by atoms with Gasteiger partial charge in [0, 0.05) is 12.7 Å². The second kappa shape index (κ2) is 8.12. The van der Waals surface area contributed by atoms with Gasteiger partial charge in [-0.2, -0.15) is 0 Å². The Hall–Kier alpha value is -2.01. The summed E-state index contributed by atoms with van der Waals surface area (Å²) >= 11 is 0. The fraction of sp³-hybridized carbons (Fsp3) is 0.368. The van der Waals surface area contributed by atoms with Crippen LogP contribution in [0.15, 0.2) is 24.3 Å². The molecule has 7 heteroatoms. The number of fused-ring (bicyclic) bond motifs is 3. The zero-order chi connectivity index (χ0) is 18.7. The van der Waals surface area contributed by atoms with Gasteiger partial charge in [-0.25, -0.2) is 0 Å². The molecular formula is C19H23O6P. The molecule has 1 N–H and O–H groups in total. The Bertz CT molecular complexity index is 792. The summed E-state index contributed by atoms with van der Waals surface area (Å²) in [5, 5.41) is 0. The van der Waals surface area contributed by atoms with Gasteiger partial charge in [-0.05, 0) is 54.2 Å². The molecule has 0 radical (unpaired) electrons. The van der Waals surface area contributed by atoms with Gasteiger partial charge in [0.2, 0.25) is 5.75 Å².